The van der Waals surface area contributed by atoms with Crippen LogP contribution in [0.4, 0.5) is 20.3 Å². The van der Waals surface area contributed by atoms with E-state index in [1.165, 1.54) is 6.07 Å². The molecule has 0 atom stereocenters. The molecule has 0 aliphatic carbocycles. The van der Waals surface area contributed by atoms with E-state index in [1.54, 1.807) is 24.8 Å². The second kappa shape index (κ2) is 7.31. The van der Waals surface area contributed by atoms with Gasteiger partial charge in [0.15, 0.2) is 5.82 Å². The molecule has 0 N–H and O–H groups in total. The number of hydrogen-bond donors (Lipinski definition) is 0. The van der Waals surface area contributed by atoms with Gasteiger partial charge in [-0.1, -0.05) is 13.8 Å². The first-order chi connectivity index (χ1) is 13.8. The van der Waals surface area contributed by atoms with Crippen LogP contribution in [0.2, 0.25) is 0 Å². The lowest BCUT2D eigenvalue weighted by atomic mass is 10.1. The number of aryl methyl sites for hydroxylation is 1. The van der Waals surface area contributed by atoms with Crippen molar-refractivity contribution in [1.82, 2.24) is 14.5 Å². The number of carbonyl (C=O) groups is 1. The summed E-state index contributed by atoms with van der Waals surface area (Å²) in [6.07, 6.45) is -2.56. The predicted molar refractivity (Wildman–Crippen MR) is 106 cm³/mol. The smallest absolute Gasteiger partial charge is 0.264 e. The van der Waals surface area contributed by atoms with Crippen LogP contribution in [-0.2, 0) is 17.9 Å². The van der Waals surface area contributed by atoms with Gasteiger partial charge < -0.3 is 19.1 Å². The maximum atomic E-state index is 13.5. The van der Waals surface area contributed by atoms with E-state index in [4.69, 9.17) is 9.72 Å². The monoisotopic (exact) mass is 404 g/mol. The molecule has 0 saturated carbocycles. The summed E-state index contributed by atoms with van der Waals surface area (Å²) in [4.78, 5) is 20.6. The number of benzene rings is 1. The van der Waals surface area contributed by atoms with Gasteiger partial charge in [-0.05, 0) is 24.6 Å². The standard InChI is InChI=1S/C21H26F2N4O2/c1-12(2)20-24-21(17-11-25(14(4)28)5-6-26(17)20)27-7-8-29-18-9-13(3)15(19(22)23)10-16(18)27/h9-10,12,19H,5-8,11H2,1-4H3. The molecule has 0 fully saturated rings. The van der Waals surface area contributed by atoms with Gasteiger partial charge in [0.2, 0.25) is 5.91 Å². The van der Waals surface area contributed by atoms with E-state index in [-0.39, 0.29) is 17.4 Å². The first-order valence-electron chi connectivity index (χ1n) is 9.95. The number of halogens is 2. The maximum absolute atomic E-state index is 13.5. The van der Waals surface area contributed by atoms with Crippen LogP contribution in [0.25, 0.3) is 0 Å². The zero-order valence-corrected chi connectivity index (χ0v) is 17.2. The van der Waals surface area contributed by atoms with Crippen molar-refractivity contribution < 1.29 is 18.3 Å². The Bertz CT molecular complexity index is 955. The number of hydrogen-bond acceptors (Lipinski definition) is 4. The molecule has 8 heteroatoms. The van der Waals surface area contributed by atoms with Crippen molar-refractivity contribution in [1.29, 1.82) is 0 Å². The molecule has 4 rings (SSSR count). The highest BCUT2D eigenvalue weighted by Crippen LogP contribution is 2.42. The normalized spacial score (nSPS) is 16.1. The molecule has 29 heavy (non-hydrogen) atoms. The van der Waals surface area contributed by atoms with Gasteiger partial charge in [-0.15, -0.1) is 0 Å². The summed E-state index contributed by atoms with van der Waals surface area (Å²) in [7, 11) is 0. The van der Waals surface area contributed by atoms with Gasteiger partial charge in [0, 0.05) is 31.5 Å². The minimum Gasteiger partial charge on any atom is -0.490 e. The van der Waals surface area contributed by atoms with Crippen molar-refractivity contribution in [2.45, 2.75) is 53.1 Å². The summed E-state index contributed by atoms with van der Waals surface area (Å²) < 4.78 is 35.0. The molecular weight excluding hydrogens is 378 g/mol. The molecule has 2 aliphatic heterocycles. The van der Waals surface area contributed by atoms with Crippen LogP contribution in [0.3, 0.4) is 0 Å². The fraction of sp³-hybridized carbons (Fsp3) is 0.524. The van der Waals surface area contributed by atoms with Crippen LogP contribution in [0, 0.1) is 6.92 Å². The molecule has 0 unspecified atom stereocenters. The number of fused-ring (bicyclic) bond motifs is 2. The van der Waals surface area contributed by atoms with Crippen LogP contribution < -0.4 is 9.64 Å². The Morgan fingerprint density at radius 1 is 1.21 bits per heavy atom. The number of nitrogens with zero attached hydrogens (tertiary/aromatic N) is 4. The average Bonchev–Trinajstić information content (AvgIpc) is 3.05. The Labute approximate surface area is 169 Å². The number of alkyl halides is 2. The predicted octanol–water partition coefficient (Wildman–Crippen LogP) is 4.15. The SMILES string of the molecule is CC(=O)N1CCn2c(C(C)C)nc(N3CCOc4cc(C)c(C(F)F)cc43)c2C1. The van der Waals surface area contributed by atoms with Gasteiger partial charge >= 0.3 is 0 Å². The number of ether oxygens (including phenoxy) is 1. The molecule has 0 spiro atoms. The van der Waals surface area contributed by atoms with Crippen molar-refractivity contribution in [2.75, 3.05) is 24.6 Å². The second-order valence-corrected chi connectivity index (χ2v) is 7.96. The van der Waals surface area contributed by atoms with Crippen LogP contribution >= 0.6 is 0 Å². The molecule has 1 aromatic carbocycles. The van der Waals surface area contributed by atoms with E-state index in [9.17, 15) is 13.6 Å². The molecule has 0 bridgehead atoms. The molecule has 0 radical (unpaired) electrons. The van der Waals surface area contributed by atoms with E-state index in [0.29, 0.717) is 49.8 Å². The number of imidazole rings is 1. The van der Waals surface area contributed by atoms with Crippen LogP contribution in [-0.4, -0.2) is 40.1 Å². The third kappa shape index (κ3) is 3.34. The maximum Gasteiger partial charge on any atom is 0.264 e. The Morgan fingerprint density at radius 3 is 2.62 bits per heavy atom. The van der Waals surface area contributed by atoms with Gasteiger partial charge in [0.1, 0.15) is 18.2 Å². The number of carbonyl (C=O) groups excluding carboxylic acids is 1. The van der Waals surface area contributed by atoms with Crippen molar-refractivity contribution in [3.63, 3.8) is 0 Å². The van der Waals surface area contributed by atoms with Gasteiger partial charge in [-0.3, -0.25) is 4.79 Å². The zero-order chi connectivity index (χ0) is 20.9. The molecule has 0 saturated heterocycles. The Morgan fingerprint density at radius 2 is 1.97 bits per heavy atom. The lowest BCUT2D eigenvalue weighted by Gasteiger charge is -2.33. The number of anilines is 2. The molecule has 3 heterocycles. The highest BCUT2D eigenvalue weighted by atomic mass is 19.3. The number of amides is 1. The lowest BCUT2D eigenvalue weighted by Crippen LogP contribution is -2.38. The second-order valence-electron chi connectivity index (χ2n) is 7.96. The highest BCUT2D eigenvalue weighted by molar-refractivity contribution is 5.75. The summed E-state index contributed by atoms with van der Waals surface area (Å²) in [5.41, 5.74) is 2.07. The third-order valence-corrected chi connectivity index (χ3v) is 5.68. The Balaban J connectivity index is 1.85. The molecular formula is C21H26F2N4O2. The zero-order valence-electron chi connectivity index (χ0n) is 17.2. The first-order valence-corrected chi connectivity index (χ1v) is 9.95. The van der Waals surface area contributed by atoms with Gasteiger partial charge in [-0.2, -0.15) is 0 Å². The van der Waals surface area contributed by atoms with Gasteiger partial charge in [0.25, 0.3) is 6.43 Å². The van der Waals surface area contributed by atoms with Gasteiger partial charge in [-0.25, -0.2) is 13.8 Å². The van der Waals surface area contributed by atoms with Gasteiger partial charge in [0.05, 0.1) is 24.5 Å². The molecule has 2 aliphatic rings. The molecule has 2 aromatic rings. The molecule has 156 valence electrons. The number of aromatic nitrogens is 2. The van der Waals surface area contributed by atoms with Crippen molar-refractivity contribution >= 4 is 17.4 Å². The van der Waals surface area contributed by atoms with E-state index in [1.807, 2.05) is 4.90 Å². The van der Waals surface area contributed by atoms with E-state index in [2.05, 4.69) is 18.4 Å². The minimum atomic E-state index is -2.56. The first kappa shape index (κ1) is 19.7. The summed E-state index contributed by atoms with van der Waals surface area (Å²) >= 11 is 0. The molecule has 1 amide bonds. The highest BCUT2D eigenvalue weighted by Gasteiger charge is 2.32. The largest absolute Gasteiger partial charge is 0.490 e. The quantitative estimate of drug-likeness (QED) is 0.771. The van der Waals surface area contributed by atoms with Crippen LogP contribution in [0.15, 0.2) is 12.1 Å². The minimum absolute atomic E-state index is 0.00164. The van der Waals surface area contributed by atoms with Crippen molar-refractivity contribution in [2.24, 2.45) is 0 Å². The summed E-state index contributed by atoms with van der Waals surface area (Å²) in [5.74, 6) is 2.50. The van der Waals surface area contributed by atoms with Crippen molar-refractivity contribution in [3.8, 4) is 5.75 Å². The van der Waals surface area contributed by atoms with Crippen molar-refractivity contribution in [3.05, 3.63) is 34.8 Å². The summed E-state index contributed by atoms with van der Waals surface area (Å²) in [6.45, 7) is 10.2. The molecule has 6 nitrogen and oxygen atoms in total. The topological polar surface area (TPSA) is 50.6 Å². The number of rotatable bonds is 3. The Kier molecular flexibility index (Phi) is 4.96. The van der Waals surface area contributed by atoms with Crippen LogP contribution in [0.5, 0.6) is 5.75 Å². The van der Waals surface area contributed by atoms with E-state index in [0.717, 1.165) is 17.3 Å². The Hall–Kier alpha value is -2.64. The molecule has 1 aromatic heterocycles. The third-order valence-electron chi connectivity index (χ3n) is 5.68. The summed E-state index contributed by atoms with van der Waals surface area (Å²) in [5, 5.41) is 0. The van der Waals surface area contributed by atoms with E-state index >= 15 is 0 Å². The lowest BCUT2D eigenvalue weighted by molar-refractivity contribution is -0.130. The van der Waals surface area contributed by atoms with Crippen LogP contribution in [0.1, 0.15) is 55.8 Å². The fourth-order valence-electron chi connectivity index (χ4n) is 4.14. The fourth-order valence-corrected chi connectivity index (χ4v) is 4.14. The average molecular weight is 404 g/mol. The summed E-state index contributed by atoms with van der Waals surface area (Å²) in [6, 6.07) is 3.19. The van der Waals surface area contributed by atoms with E-state index < -0.39 is 6.43 Å².